The van der Waals surface area contributed by atoms with Crippen LogP contribution in [0.4, 0.5) is 0 Å². The lowest BCUT2D eigenvalue weighted by Crippen LogP contribution is -2.43. The minimum absolute atomic E-state index is 0.353. The first-order valence-electron chi connectivity index (χ1n) is 11.4. The van der Waals surface area contributed by atoms with Crippen molar-refractivity contribution in [3.05, 3.63) is 87.8 Å². The second-order valence-electron chi connectivity index (χ2n) is 8.79. The number of carbonyl (C=O) groups excluding carboxylic acids is 3. The zero-order chi connectivity index (χ0) is 25.3. The molecule has 3 atom stereocenters. The summed E-state index contributed by atoms with van der Waals surface area (Å²) in [5.41, 5.74) is 4.68. The fourth-order valence-electron chi connectivity index (χ4n) is 5.20. The maximum Gasteiger partial charge on any atom is 0.336 e. The van der Waals surface area contributed by atoms with Crippen molar-refractivity contribution in [1.29, 1.82) is 0 Å². The number of Topliss-reactive ketones (excluding diaryl/α,β-unsaturated/α-hetero) is 1. The third-order valence-corrected chi connectivity index (χ3v) is 6.92. The molecule has 7 heteroatoms. The Morgan fingerprint density at radius 1 is 0.943 bits per heavy atom. The van der Waals surface area contributed by atoms with Gasteiger partial charge in [0.15, 0.2) is 5.78 Å². The van der Waals surface area contributed by atoms with Crippen molar-refractivity contribution in [3.8, 4) is 5.75 Å². The van der Waals surface area contributed by atoms with Crippen LogP contribution in [0, 0.1) is 12.8 Å². The Balaban J connectivity index is 1.90. The number of allylic oxidation sites excluding steroid dienone is 3. The van der Waals surface area contributed by atoms with Gasteiger partial charge in [0.05, 0.1) is 26.9 Å². The molecule has 3 unspecified atom stereocenters. The van der Waals surface area contributed by atoms with Gasteiger partial charge in [-0.3, -0.25) is 9.59 Å². The van der Waals surface area contributed by atoms with Crippen molar-refractivity contribution < 1.29 is 28.6 Å². The van der Waals surface area contributed by atoms with Gasteiger partial charge in [-0.1, -0.05) is 36.4 Å². The summed E-state index contributed by atoms with van der Waals surface area (Å²) < 4.78 is 15.4. The quantitative estimate of drug-likeness (QED) is 0.517. The molecule has 2 aromatic rings. The minimum atomic E-state index is -1.04. The molecule has 7 nitrogen and oxygen atoms in total. The van der Waals surface area contributed by atoms with Crippen LogP contribution in [0.3, 0.4) is 0 Å². The van der Waals surface area contributed by atoms with E-state index < -0.39 is 29.7 Å². The average molecular weight is 476 g/mol. The monoisotopic (exact) mass is 475 g/mol. The van der Waals surface area contributed by atoms with E-state index in [0.29, 0.717) is 34.7 Å². The number of esters is 2. The second-order valence-corrected chi connectivity index (χ2v) is 8.79. The summed E-state index contributed by atoms with van der Waals surface area (Å²) in [6.07, 6.45) is 0.404. The van der Waals surface area contributed by atoms with E-state index in [1.807, 2.05) is 55.5 Å². The van der Waals surface area contributed by atoms with E-state index in [1.54, 1.807) is 14.0 Å². The number of ether oxygens (including phenoxy) is 3. The highest BCUT2D eigenvalue weighted by Gasteiger charge is 2.49. The van der Waals surface area contributed by atoms with Gasteiger partial charge in [0.2, 0.25) is 0 Å². The number of dihydropyridines is 1. The number of carbonyl (C=O) groups is 3. The van der Waals surface area contributed by atoms with Gasteiger partial charge in [-0.15, -0.1) is 0 Å². The fraction of sp³-hybridized carbons (Fsp3) is 0.321. The molecule has 0 fully saturated rings. The molecule has 1 aliphatic carbocycles. The Labute approximate surface area is 204 Å². The summed E-state index contributed by atoms with van der Waals surface area (Å²) in [6, 6.07) is 15.0. The molecule has 35 heavy (non-hydrogen) atoms. The Bertz CT molecular complexity index is 1240. The lowest BCUT2D eigenvalue weighted by atomic mass is 9.66. The van der Waals surface area contributed by atoms with Crippen molar-refractivity contribution in [2.75, 3.05) is 21.3 Å². The molecular weight excluding hydrogens is 446 g/mol. The van der Waals surface area contributed by atoms with E-state index in [1.165, 1.54) is 14.2 Å². The standard InChI is InChI=1S/C28H29NO6/c1-15-8-6-7-9-19(15)23-22(27(31)34-4)16(2)29-21-14-20(17-10-12-18(33-3)13-11-17)24(28(32)35-5)26(30)25(21)23/h6-13,20,23-24,29H,14H2,1-5H3. The summed E-state index contributed by atoms with van der Waals surface area (Å²) in [5.74, 6) is -2.92. The van der Waals surface area contributed by atoms with Crippen molar-refractivity contribution in [1.82, 2.24) is 5.32 Å². The number of methoxy groups -OCH3 is 3. The number of nitrogens with one attached hydrogen (secondary N) is 1. The van der Waals surface area contributed by atoms with Crippen molar-refractivity contribution in [2.45, 2.75) is 32.1 Å². The minimum Gasteiger partial charge on any atom is -0.497 e. The molecule has 0 bridgehead atoms. The van der Waals surface area contributed by atoms with Gasteiger partial charge in [0.25, 0.3) is 0 Å². The van der Waals surface area contributed by atoms with Crippen LogP contribution in [0.5, 0.6) is 5.75 Å². The number of hydrogen-bond donors (Lipinski definition) is 1. The van der Waals surface area contributed by atoms with Crippen molar-refractivity contribution in [3.63, 3.8) is 0 Å². The lowest BCUT2D eigenvalue weighted by Gasteiger charge is -2.39. The Kier molecular flexibility index (Phi) is 6.78. The van der Waals surface area contributed by atoms with Crippen molar-refractivity contribution >= 4 is 17.7 Å². The van der Waals surface area contributed by atoms with Crippen LogP contribution in [0.2, 0.25) is 0 Å². The summed E-state index contributed by atoms with van der Waals surface area (Å²) in [5, 5.41) is 3.29. The van der Waals surface area contributed by atoms with Crippen LogP contribution >= 0.6 is 0 Å². The molecule has 2 aromatic carbocycles. The Morgan fingerprint density at radius 3 is 2.23 bits per heavy atom. The molecule has 0 saturated carbocycles. The highest BCUT2D eigenvalue weighted by atomic mass is 16.5. The predicted octanol–water partition coefficient (Wildman–Crippen LogP) is 3.94. The first-order valence-corrected chi connectivity index (χ1v) is 11.4. The molecule has 1 aliphatic heterocycles. The van der Waals surface area contributed by atoms with Gasteiger partial charge in [0.1, 0.15) is 11.7 Å². The molecule has 0 saturated heterocycles. The lowest BCUT2D eigenvalue weighted by molar-refractivity contribution is -0.150. The average Bonchev–Trinajstić information content (AvgIpc) is 2.87. The summed E-state index contributed by atoms with van der Waals surface area (Å²) >= 11 is 0. The summed E-state index contributed by atoms with van der Waals surface area (Å²) in [4.78, 5) is 40.0. The van der Waals surface area contributed by atoms with E-state index >= 15 is 0 Å². The van der Waals surface area contributed by atoms with Crippen LogP contribution < -0.4 is 10.1 Å². The van der Waals surface area contributed by atoms with Crippen LogP contribution in [0.1, 0.15) is 41.9 Å². The molecule has 0 radical (unpaired) electrons. The molecule has 0 amide bonds. The maximum atomic E-state index is 14.1. The third kappa shape index (κ3) is 4.22. The van der Waals surface area contributed by atoms with Gasteiger partial charge >= 0.3 is 11.9 Å². The van der Waals surface area contributed by atoms with Crippen LogP contribution in [-0.4, -0.2) is 39.1 Å². The molecule has 1 N–H and O–H groups in total. The number of aryl methyl sites for hydroxylation is 1. The second kappa shape index (κ2) is 9.78. The van der Waals surface area contributed by atoms with Gasteiger partial charge in [-0.05, 0) is 49.1 Å². The van der Waals surface area contributed by atoms with Crippen LogP contribution in [-0.2, 0) is 23.9 Å². The molecule has 0 aromatic heterocycles. The number of rotatable bonds is 5. The summed E-state index contributed by atoms with van der Waals surface area (Å²) in [7, 11) is 4.19. The highest BCUT2D eigenvalue weighted by molar-refractivity contribution is 6.13. The number of ketones is 1. The largest absolute Gasteiger partial charge is 0.497 e. The van der Waals surface area contributed by atoms with Gasteiger partial charge < -0.3 is 19.5 Å². The van der Waals surface area contributed by atoms with E-state index in [2.05, 4.69) is 5.32 Å². The SMILES string of the molecule is COC(=O)C1=C(C)NC2=C(C(=O)C(C(=O)OC)C(c3ccc(OC)cc3)C2)C1c1ccccc1C. The Hall–Kier alpha value is -3.87. The molecular formula is C28H29NO6. The number of benzene rings is 2. The first-order chi connectivity index (χ1) is 16.8. The van der Waals surface area contributed by atoms with Crippen LogP contribution in [0.15, 0.2) is 71.1 Å². The molecule has 4 rings (SSSR count). The smallest absolute Gasteiger partial charge is 0.336 e. The van der Waals surface area contributed by atoms with Gasteiger partial charge in [-0.25, -0.2) is 4.79 Å². The zero-order valence-corrected chi connectivity index (χ0v) is 20.5. The predicted molar refractivity (Wildman–Crippen MR) is 130 cm³/mol. The molecule has 0 spiro atoms. The zero-order valence-electron chi connectivity index (χ0n) is 20.5. The van der Waals surface area contributed by atoms with Gasteiger partial charge in [-0.2, -0.15) is 0 Å². The topological polar surface area (TPSA) is 90.9 Å². The number of hydrogen-bond acceptors (Lipinski definition) is 7. The van der Waals surface area contributed by atoms with E-state index in [-0.39, 0.29) is 5.78 Å². The van der Waals surface area contributed by atoms with E-state index in [0.717, 1.165) is 16.7 Å². The third-order valence-electron chi connectivity index (χ3n) is 6.92. The van der Waals surface area contributed by atoms with Crippen LogP contribution in [0.25, 0.3) is 0 Å². The van der Waals surface area contributed by atoms with Gasteiger partial charge in [0, 0.05) is 28.8 Å². The molecule has 2 aliphatic rings. The molecule has 1 heterocycles. The highest BCUT2D eigenvalue weighted by Crippen LogP contribution is 2.48. The maximum absolute atomic E-state index is 14.1. The Morgan fingerprint density at radius 2 is 1.63 bits per heavy atom. The van der Waals surface area contributed by atoms with E-state index in [4.69, 9.17) is 14.2 Å². The fourth-order valence-corrected chi connectivity index (χ4v) is 5.20. The normalized spacial score (nSPS) is 21.7. The van der Waals surface area contributed by atoms with E-state index in [9.17, 15) is 14.4 Å². The first kappa shape index (κ1) is 24.3. The molecule has 182 valence electrons. The van der Waals surface area contributed by atoms with Crippen molar-refractivity contribution in [2.24, 2.45) is 5.92 Å². The summed E-state index contributed by atoms with van der Waals surface area (Å²) in [6.45, 7) is 3.74.